The van der Waals surface area contributed by atoms with Crippen LogP contribution in [-0.2, 0) is 18.4 Å². The molecule has 0 aromatic carbocycles. The number of carbonyl (C=O) groups is 1. The third-order valence-electron chi connectivity index (χ3n) is 2.78. The maximum atomic E-state index is 12.2. The quantitative estimate of drug-likeness (QED) is 0.818. The molecule has 1 aromatic rings. The van der Waals surface area contributed by atoms with E-state index in [1.165, 1.54) is 0 Å². The van der Waals surface area contributed by atoms with Gasteiger partial charge in [-0.15, -0.1) is 24.8 Å². The predicted molar refractivity (Wildman–Crippen MR) is 89.8 cm³/mol. The number of rotatable bonds is 7. The Labute approximate surface area is 137 Å². The van der Waals surface area contributed by atoms with Gasteiger partial charge in [-0.2, -0.15) is 16.9 Å². The van der Waals surface area contributed by atoms with Gasteiger partial charge in [0.1, 0.15) is 0 Å². The standard InChI is InChI=1S/C12H22N4OS.2ClH/c1-4-16(9-10-7-14-15(2)8-10)12(17)11(13)5-6-18-3;;/h7-8,11H,4-6,9,13H2,1-3H3;2*1H/t11-;;/m0../s1. The van der Waals surface area contributed by atoms with Crippen LogP contribution in [0.1, 0.15) is 18.9 Å². The van der Waals surface area contributed by atoms with Crippen LogP contribution in [0.25, 0.3) is 0 Å². The second-order valence-corrected chi connectivity index (χ2v) is 5.25. The van der Waals surface area contributed by atoms with Crippen LogP contribution in [0.5, 0.6) is 0 Å². The van der Waals surface area contributed by atoms with Crippen molar-refractivity contribution in [3.63, 3.8) is 0 Å². The van der Waals surface area contributed by atoms with Crippen LogP contribution in [0.4, 0.5) is 0 Å². The molecule has 1 aromatic heterocycles. The minimum absolute atomic E-state index is 0. The summed E-state index contributed by atoms with van der Waals surface area (Å²) in [5.74, 6) is 0.938. The molecule has 0 aliphatic heterocycles. The van der Waals surface area contributed by atoms with Gasteiger partial charge in [0.25, 0.3) is 0 Å². The monoisotopic (exact) mass is 342 g/mol. The number of aryl methyl sites for hydroxylation is 1. The Kier molecular flexibility index (Phi) is 12.3. The molecule has 118 valence electrons. The maximum Gasteiger partial charge on any atom is 0.239 e. The fraction of sp³-hybridized carbons (Fsp3) is 0.667. The highest BCUT2D eigenvalue weighted by molar-refractivity contribution is 7.98. The molecule has 0 radical (unpaired) electrons. The van der Waals surface area contributed by atoms with Gasteiger partial charge >= 0.3 is 0 Å². The zero-order valence-corrected chi connectivity index (χ0v) is 14.6. The largest absolute Gasteiger partial charge is 0.337 e. The molecule has 1 rings (SSSR count). The summed E-state index contributed by atoms with van der Waals surface area (Å²) in [7, 11) is 1.87. The number of nitrogens with zero attached hydrogens (tertiary/aromatic N) is 3. The van der Waals surface area contributed by atoms with Gasteiger partial charge in [0.05, 0.1) is 12.2 Å². The van der Waals surface area contributed by atoms with Crippen LogP contribution in [0, 0.1) is 0 Å². The highest BCUT2D eigenvalue weighted by Crippen LogP contribution is 2.07. The predicted octanol–water partition coefficient (Wildman–Crippen LogP) is 1.69. The Hall–Kier alpha value is -0.430. The topological polar surface area (TPSA) is 64.2 Å². The smallest absolute Gasteiger partial charge is 0.239 e. The molecular weight excluding hydrogens is 319 g/mol. The lowest BCUT2D eigenvalue weighted by Crippen LogP contribution is -2.43. The molecule has 1 heterocycles. The molecule has 0 spiro atoms. The lowest BCUT2D eigenvalue weighted by molar-refractivity contribution is -0.133. The minimum Gasteiger partial charge on any atom is -0.337 e. The summed E-state index contributed by atoms with van der Waals surface area (Å²) in [4.78, 5) is 13.9. The van der Waals surface area contributed by atoms with Crippen LogP contribution in [0.2, 0.25) is 0 Å². The number of nitrogens with two attached hydrogens (primary N) is 1. The molecule has 0 aliphatic rings. The molecule has 2 N–H and O–H groups in total. The van der Waals surface area contributed by atoms with Crippen LogP contribution in [0.3, 0.4) is 0 Å². The Morgan fingerprint density at radius 1 is 1.55 bits per heavy atom. The summed E-state index contributed by atoms with van der Waals surface area (Å²) in [5, 5.41) is 4.10. The van der Waals surface area contributed by atoms with E-state index >= 15 is 0 Å². The van der Waals surface area contributed by atoms with E-state index in [-0.39, 0.29) is 30.7 Å². The Morgan fingerprint density at radius 3 is 2.65 bits per heavy atom. The number of likely N-dealkylation sites (N-methyl/N-ethyl adjacent to an activating group) is 1. The molecule has 0 saturated carbocycles. The van der Waals surface area contributed by atoms with Crippen molar-refractivity contribution in [2.24, 2.45) is 12.8 Å². The van der Waals surface area contributed by atoms with Crippen LogP contribution >= 0.6 is 36.6 Å². The summed E-state index contributed by atoms with van der Waals surface area (Å²) in [6, 6.07) is -0.394. The fourth-order valence-corrected chi connectivity index (χ4v) is 2.21. The number of thioether (sulfide) groups is 1. The highest BCUT2D eigenvalue weighted by atomic mass is 35.5. The van der Waals surface area contributed by atoms with Gasteiger partial charge in [-0.05, 0) is 25.4 Å². The summed E-state index contributed by atoms with van der Waals surface area (Å²) in [5.41, 5.74) is 6.95. The maximum absolute atomic E-state index is 12.2. The van der Waals surface area contributed by atoms with Gasteiger partial charge in [0.15, 0.2) is 0 Å². The molecule has 1 atom stereocenters. The number of aromatic nitrogens is 2. The Morgan fingerprint density at radius 2 is 2.20 bits per heavy atom. The zero-order valence-electron chi connectivity index (χ0n) is 12.1. The van der Waals surface area contributed by atoms with Gasteiger partial charge in [0, 0.05) is 31.9 Å². The average Bonchev–Trinajstić information content (AvgIpc) is 2.77. The van der Waals surface area contributed by atoms with Crippen LogP contribution in [-0.4, -0.2) is 45.2 Å². The highest BCUT2D eigenvalue weighted by Gasteiger charge is 2.19. The third kappa shape index (κ3) is 6.83. The summed E-state index contributed by atoms with van der Waals surface area (Å²) < 4.78 is 1.74. The van der Waals surface area contributed by atoms with E-state index in [9.17, 15) is 4.79 Å². The van der Waals surface area contributed by atoms with Crippen molar-refractivity contribution >= 4 is 42.5 Å². The minimum atomic E-state index is -0.394. The van der Waals surface area contributed by atoms with Crippen molar-refractivity contribution in [1.82, 2.24) is 14.7 Å². The molecule has 1 amide bonds. The van der Waals surface area contributed by atoms with E-state index in [0.29, 0.717) is 13.1 Å². The third-order valence-corrected chi connectivity index (χ3v) is 3.42. The SMILES string of the molecule is CCN(Cc1cnn(C)c1)C(=O)[C@@H](N)CCSC.Cl.Cl. The van der Waals surface area contributed by atoms with E-state index in [0.717, 1.165) is 17.7 Å². The van der Waals surface area contributed by atoms with Gasteiger partial charge < -0.3 is 10.6 Å². The number of hydrogen-bond acceptors (Lipinski definition) is 4. The summed E-state index contributed by atoms with van der Waals surface area (Å²) in [6.07, 6.45) is 6.45. The van der Waals surface area contributed by atoms with Crippen LogP contribution < -0.4 is 5.73 Å². The fourth-order valence-electron chi connectivity index (χ4n) is 1.72. The number of hydrogen-bond donors (Lipinski definition) is 1. The van der Waals surface area contributed by atoms with Crippen molar-refractivity contribution < 1.29 is 4.79 Å². The Bertz CT molecular complexity index is 389. The molecule has 0 aliphatic carbocycles. The van der Waals surface area contributed by atoms with Gasteiger partial charge in [-0.25, -0.2) is 0 Å². The van der Waals surface area contributed by atoms with Crippen molar-refractivity contribution in [3.05, 3.63) is 18.0 Å². The van der Waals surface area contributed by atoms with E-state index in [1.807, 2.05) is 26.4 Å². The second kappa shape index (κ2) is 11.3. The summed E-state index contributed by atoms with van der Waals surface area (Å²) >= 11 is 1.71. The van der Waals surface area contributed by atoms with E-state index in [4.69, 9.17) is 5.73 Å². The van der Waals surface area contributed by atoms with Gasteiger partial charge in [-0.3, -0.25) is 9.48 Å². The first-order valence-corrected chi connectivity index (χ1v) is 7.48. The number of halogens is 2. The number of carbonyl (C=O) groups excluding carboxylic acids is 1. The second-order valence-electron chi connectivity index (χ2n) is 4.26. The first-order chi connectivity index (χ1) is 8.58. The molecule has 20 heavy (non-hydrogen) atoms. The van der Waals surface area contributed by atoms with Crippen LogP contribution in [0.15, 0.2) is 12.4 Å². The van der Waals surface area contributed by atoms with Gasteiger partial charge in [-0.1, -0.05) is 0 Å². The Balaban J connectivity index is 0. The molecule has 8 heteroatoms. The average molecular weight is 343 g/mol. The van der Waals surface area contributed by atoms with Crippen molar-refractivity contribution in [2.45, 2.75) is 25.9 Å². The first-order valence-electron chi connectivity index (χ1n) is 6.09. The summed E-state index contributed by atoms with van der Waals surface area (Å²) in [6.45, 7) is 3.21. The van der Waals surface area contributed by atoms with Crippen molar-refractivity contribution in [3.8, 4) is 0 Å². The van der Waals surface area contributed by atoms with Gasteiger partial charge in [0.2, 0.25) is 5.91 Å². The molecule has 0 bridgehead atoms. The zero-order chi connectivity index (χ0) is 13.5. The van der Waals surface area contributed by atoms with E-state index in [2.05, 4.69) is 5.10 Å². The molecule has 0 fully saturated rings. The number of amides is 1. The van der Waals surface area contributed by atoms with E-state index < -0.39 is 6.04 Å². The first kappa shape index (κ1) is 21.9. The van der Waals surface area contributed by atoms with E-state index in [1.54, 1.807) is 27.5 Å². The van der Waals surface area contributed by atoms with Crippen molar-refractivity contribution in [2.75, 3.05) is 18.6 Å². The lowest BCUT2D eigenvalue weighted by Gasteiger charge is -2.23. The lowest BCUT2D eigenvalue weighted by atomic mass is 10.2. The molecule has 0 unspecified atom stereocenters. The normalized spacial score (nSPS) is 11.2. The molecular formula is C12H24Cl2N4OS. The molecule has 0 saturated heterocycles. The van der Waals surface area contributed by atoms with Crippen molar-refractivity contribution in [1.29, 1.82) is 0 Å². The molecule has 5 nitrogen and oxygen atoms in total.